The van der Waals surface area contributed by atoms with Crippen molar-refractivity contribution in [1.82, 2.24) is 0 Å². The number of allylic oxidation sites excluding steroid dienone is 3. The monoisotopic (exact) mass is 426 g/mol. The summed E-state index contributed by atoms with van der Waals surface area (Å²) in [6.07, 6.45) is 12.5. The van der Waals surface area contributed by atoms with Crippen molar-refractivity contribution in [2.45, 2.75) is 103 Å². The van der Waals surface area contributed by atoms with Gasteiger partial charge in [0.15, 0.2) is 0 Å². The van der Waals surface area contributed by atoms with Gasteiger partial charge in [-0.2, -0.15) is 0 Å². The van der Waals surface area contributed by atoms with E-state index in [4.69, 9.17) is 0 Å². The molecule has 31 heavy (non-hydrogen) atoms. The highest BCUT2D eigenvalue weighted by molar-refractivity contribution is 5.68. The van der Waals surface area contributed by atoms with Crippen molar-refractivity contribution < 1.29 is 15.3 Å². The number of benzene rings is 1. The van der Waals surface area contributed by atoms with Gasteiger partial charge in [0.1, 0.15) is 0 Å². The van der Waals surface area contributed by atoms with Crippen LogP contribution in [0.2, 0.25) is 0 Å². The molecule has 1 aromatic rings. The van der Waals surface area contributed by atoms with Crippen LogP contribution in [0.25, 0.3) is 5.57 Å². The van der Waals surface area contributed by atoms with Crippen molar-refractivity contribution >= 4 is 5.57 Å². The number of aliphatic hydroxyl groups is 3. The Labute approximate surface area is 189 Å². The van der Waals surface area contributed by atoms with Crippen molar-refractivity contribution in [3.05, 3.63) is 65.3 Å². The van der Waals surface area contributed by atoms with Crippen LogP contribution in [0, 0.1) is 0 Å². The Morgan fingerprint density at radius 1 is 1.16 bits per heavy atom. The zero-order chi connectivity index (χ0) is 22.9. The summed E-state index contributed by atoms with van der Waals surface area (Å²) in [5, 5.41) is 30.0. The maximum Gasteiger partial charge on any atom is 0.0811 e. The van der Waals surface area contributed by atoms with Crippen LogP contribution in [0.1, 0.15) is 89.7 Å². The van der Waals surface area contributed by atoms with Crippen LogP contribution in [0.5, 0.6) is 0 Å². The number of hydrogen-bond acceptors (Lipinski definition) is 3. The van der Waals surface area contributed by atoms with E-state index in [1.807, 2.05) is 19.9 Å². The molecule has 0 aromatic heterocycles. The fourth-order valence-corrected chi connectivity index (χ4v) is 4.14. The minimum atomic E-state index is -0.651. The molecule has 3 nitrogen and oxygen atoms in total. The molecule has 0 bridgehead atoms. The zero-order valence-corrected chi connectivity index (χ0v) is 19.7. The van der Waals surface area contributed by atoms with Crippen LogP contribution in [0.3, 0.4) is 0 Å². The third kappa shape index (κ3) is 9.14. The van der Waals surface area contributed by atoms with E-state index in [2.05, 4.69) is 43.8 Å². The van der Waals surface area contributed by atoms with Crippen molar-refractivity contribution in [3.8, 4) is 0 Å². The van der Waals surface area contributed by atoms with Crippen LogP contribution in [0.15, 0.2) is 54.1 Å². The van der Waals surface area contributed by atoms with Gasteiger partial charge >= 0.3 is 0 Å². The van der Waals surface area contributed by atoms with Crippen molar-refractivity contribution in [1.29, 1.82) is 0 Å². The number of unbranched alkanes of at least 4 members (excludes halogenated alkanes) is 3. The van der Waals surface area contributed by atoms with E-state index < -0.39 is 17.8 Å². The van der Waals surface area contributed by atoms with Crippen LogP contribution in [-0.2, 0) is 6.42 Å². The van der Waals surface area contributed by atoms with Crippen LogP contribution < -0.4 is 0 Å². The summed E-state index contributed by atoms with van der Waals surface area (Å²) in [6.45, 7) is 9.98. The lowest BCUT2D eigenvalue weighted by atomic mass is 9.85. The van der Waals surface area contributed by atoms with E-state index >= 15 is 0 Å². The second-order valence-electron chi connectivity index (χ2n) is 9.70. The Kier molecular flexibility index (Phi) is 10.2. The normalized spacial score (nSPS) is 21.7. The molecule has 1 saturated carbocycles. The highest BCUT2D eigenvalue weighted by Gasteiger charge is 2.24. The first kappa shape index (κ1) is 25.6. The van der Waals surface area contributed by atoms with Gasteiger partial charge in [-0.1, -0.05) is 69.2 Å². The molecule has 2 atom stereocenters. The Morgan fingerprint density at radius 2 is 1.94 bits per heavy atom. The number of hydrogen-bond donors (Lipinski definition) is 3. The standard InChI is InChI=1S/C28H42O3/c1-5-6-13-23(15-16-24-19-26(29)20-27(30)21(24)2)25-14-10-12-22(18-25)11-8-7-9-17-28(3,4)31/h10,12,14-16,18,26-27,29-31H,2,5-9,11,13,17,19-20H2,1,3-4H3/b23-15+,24-16-/t26-,27-/m1/s1. The molecule has 0 heterocycles. The minimum Gasteiger partial charge on any atom is -0.393 e. The SMILES string of the molecule is C=C1/C(=C\C=C(/CCCC)c2cccc(CCCCCC(C)(C)O)c2)C[C@@H](O)C[C@H]1O. The second-order valence-corrected chi connectivity index (χ2v) is 9.70. The molecule has 172 valence electrons. The fraction of sp³-hybridized carbons (Fsp3) is 0.571. The van der Waals surface area contributed by atoms with Crippen molar-refractivity contribution in [2.75, 3.05) is 0 Å². The summed E-state index contributed by atoms with van der Waals surface area (Å²) < 4.78 is 0. The minimum absolute atomic E-state index is 0.375. The lowest BCUT2D eigenvalue weighted by Crippen LogP contribution is -2.26. The molecule has 3 N–H and O–H groups in total. The molecule has 2 rings (SSSR count). The largest absolute Gasteiger partial charge is 0.393 e. The van der Waals surface area contributed by atoms with Crippen LogP contribution in [0.4, 0.5) is 0 Å². The molecule has 1 fully saturated rings. The summed E-state index contributed by atoms with van der Waals surface area (Å²) >= 11 is 0. The van der Waals surface area contributed by atoms with Crippen molar-refractivity contribution in [3.63, 3.8) is 0 Å². The van der Waals surface area contributed by atoms with Crippen LogP contribution in [-0.4, -0.2) is 33.1 Å². The molecule has 0 saturated heterocycles. The van der Waals surface area contributed by atoms with E-state index in [1.165, 1.54) is 16.7 Å². The third-order valence-electron chi connectivity index (χ3n) is 6.10. The maximum absolute atomic E-state index is 10.1. The van der Waals surface area contributed by atoms with Gasteiger partial charge in [-0.15, -0.1) is 0 Å². The average Bonchev–Trinajstić information content (AvgIpc) is 2.70. The molecule has 1 aliphatic rings. The number of aryl methyl sites for hydroxylation is 1. The van der Waals surface area contributed by atoms with Gasteiger partial charge in [0, 0.05) is 6.42 Å². The predicted molar refractivity (Wildman–Crippen MR) is 131 cm³/mol. The summed E-state index contributed by atoms with van der Waals surface area (Å²) in [6, 6.07) is 8.82. The Balaban J connectivity index is 2.09. The molecule has 0 radical (unpaired) electrons. The average molecular weight is 427 g/mol. The first-order valence-electron chi connectivity index (χ1n) is 12.0. The summed E-state index contributed by atoms with van der Waals surface area (Å²) in [5.41, 5.74) is 5.01. The first-order chi connectivity index (χ1) is 14.7. The van der Waals surface area contributed by atoms with Gasteiger partial charge in [-0.05, 0) is 80.2 Å². The Hall–Kier alpha value is -1.68. The van der Waals surface area contributed by atoms with E-state index in [-0.39, 0.29) is 0 Å². The molecule has 1 aromatic carbocycles. The summed E-state index contributed by atoms with van der Waals surface area (Å²) in [4.78, 5) is 0. The molecule has 0 unspecified atom stereocenters. The molecule has 1 aliphatic carbocycles. The van der Waals surface area contributed by atoms with E-state index in [0.717, 1.165) is 62.5 Å². The maximum atomic E-state index is 10.1. The highest BCUT2D eigenvalue weighted by atomic mass is 16.3. The lowest BCUT2D eigenvalue weighted by Gasteiger charge is -2.26. The fourth-order valence-electron chi connectivity index (χ4n) is 4.14. The van der Waals surface area contributed by atoms with Gasteiger partial charge in [-0.25, -0.2) is 0 Å². The number of aliphatic hydroxyl groups excluding tert-OH is 2. The Morgan fingerprint density at radius 3 is 2.65 bits per heavy atom. The first-order valence-corrected chi connectivity index (χ1v) is 12.0. The Bertz CT molecular complexity index is 767. The molecular weight excluding hydrogens is 384 g/mol. The topological polar surface area (TPSA) is 60.7 Å². The highest BCUT2D eigenvalue weighted by Crippen LogP contribution is 2.30. The molecule has 0 aliphatic heterocycles. The second kappa shape index (κ2) is 12.4. The van der Waals surface area contributed by atoms with Gasteiger partial charge in [0.05, 0.1) is 17.8 Å². The molecular formula is C28H42O3. The lowest BCUT2D eigenvalue weighted by molar-refractivity contribution is 0.0680. The summed E-state index contributed by atoms with van der Waals surface area (Å²) in [7, 11) is 0. The summed E-state index contributed by atoms with van der Waals surface area (Å²) in [5.74, 6) is 0. The molecule has 0 amide bonds. The van der Waals surface area contributed by atoms with E-state index in [1.54, 1.807) is 0 Å². The van der Waals surface area contributed by atoms with E-state index in [9.17, 15) is 15.3 Å². The predicted octanol–water partition coefficient (Wildman–Crippen LogP) is 6.13. The van der Waals surface area contributed by atoms with Gasteiger partial charge < -0.3 is 15.3 Å². The molecule has 0 spiro atoms. The van der Waals surface area contributed by atoms with Gasteiger partial charge in [0.2, 0.25) is 0 Å². The number of rotatable bonds is 11. The quantitative estimate of drug-likeness (QED) is 0.373. The zero-order valence-electron chi connectivity index (χ0n) is 19.7. The molecule has 3 heteroatoms. The van der Waals surface area contributed by atoms with E-state index in [0.29, 0.717) is 12.8 Å². The third-order valence-corrected chi connectivity index (χ3v) is 6.10. The van der Waals surface area contributed by atoms with Gasteiger partial charge in [-0.3, -0.25) is 0 Å². The van der Waals surface area contributed by atoms with Gasteiger partial charge in [0.25, 0.3) is 0 Å². The smallest absolute Gasteiger partial charge is 0.0811 e. The van der Waals surface area contributed by atoms with Crippen LogP contribution >= 0.6 is 0 Å². The van der Waals surface area contributed by atoms with Crippen molar-refractivity contribution in [2.24, 2.45) is 0 Å².